The van der Waals surface area contributed by atoms with Crippen molar-refractivity contribution in [3.63, 3.8) is 0 Å². The fourth-order valence-corrected chi connectivity index (χ4v) is 1.53. The third-order valence-corrected chi connectivity index (χ3v) is 2.54. The molecule has 0 saturated heterocycles. The quantitative estimate of drug-likeness (QED) is 0.858. The molecule has 0 fully saturated rings. The first-order valence-corrected chi connectivity index (χ1v) is 5.05. The number of rotatable bonds is 3. The summed E-state index contributed by atoms with van der Waals surface area (Å²) in [7, 11) is 0. The van der Waals surface area contributed by atoms with E-state index in [1.54, 1.807) is 13.0 Å². The van der Waals surface area contributed by atoms with Gasteiger partial charge >= 0.3 is 0 Å². The zero-order chi connectivity index (χ0) is 9.84. The van der Waals surface area contributed by atoms with Gasteiger partial charge in [0.2, 0.25) is 0 Å². The SMILES string of the molecule is CC(O)CCc1cccc(Br)c1O. The highest BCUT2D eigenvalue weighted by atomic mass is 79.9. The molecule has 0 radical (unpaired) electrons. The first-order chi connectivity index (χ1) is 6.11. The number of aromatic hydroxyl groups is 1. The number of para-hydroxylation sites is 1. The molecular formula is C10H13BrO2. The minimum Gasteiger partial charge on any atom is -0.506 e. The fourth-order valence-electron chi connectivity index (χ4n) is 1.13. The molecule has 0 aliphatic carbocycles. The molecule has 3 heteroatoms. The van der Waals surface area contributed by atoms with E-state index in [9.17, 15) is 5.11 Å². The van der Waals surface area contributed by atoms with Crippen LogP contribution in [-0.2, 0) is 6.42 Å². The standard InChI is InChI=1S/C10H13BrO2/c1-7(12)5-6-8-3-2-4-9(11)10(8)13/h2-4,7,12-13H,5-6H2,1H3. The highest BCUT2D eigenvalue weighted by Crippen LogP contribution is 2.28. The topological polar surface area (TPSA) is 40.5 Å². The molecule has 13 heavy (non-hydrogen) atoms. The molecule has 72 valence electrons. The highest BCUT2D eigenvalue weighted by molar-refractivity contribution is 9.10. The smallest absolute Gasteiger partial charge is 0.132 e. The fraction of sp³-hybridized carbons (Fsp3) is 0.400. The van der Waals surface area contributed by atoms with Crippen molar-refractivity contribution < 1.29 is 10.2 Å². The average molecular weight is 245 g/mol. The highest BCUT2D eigenvalue weighted by Gasteiger charge is 2.05. The van der Waals surface area contributed by atoms with E-state index in [4.69, 9.17) is 5.11 Å². The van der Waals surface area contributed by atoms with Gasteiger partial charge in [0.25, 0.3) is 0 Å². The minimum atomic E-state index is -0.321. The summed E-state index contributed by atoms with van der Waals surface area (Å²) in [5, 5.41) is 18.7. The Labute approximate surface area is 86.3 Å². The molecule has 0 saturated carbocycles. The van der Waals surface area contributed by atoms with Crippen LogP contribution in [0.3, 0.4) is 0 Å². The normalized spacial score (nSPS) is 12.8. The van der Waals surface area contributed by atoms with Crippen molar-refractivity contribution in [3.05, 3.63) is 28.2 Å². The third-order valence-electron chi connectivity index (χ3n) is 1.90. The van der Waals surface area contributed by atoms with Crippen LogP contribution in [0.1, 0.15) is 18.9 Å². The van der Waals surface area contributed by atoms with Crippen molar-refractivity contribution in [1.82, 2.24) is 0 Å². The second-order valence-corrected chi connectivity index (χ2v) is 3.99. The van der Waals surface area contributed by atoms with Gasteiger partial charge in [0, 0.05) is 0 Å². The summed E-state index contributed by atoms with van der Waals surface area (Å²) in [6, 6.07) is 5.53. The van der Waals surface area contributed by atoms with Crippen LogP contribution < -0.4 is 0 Å². The molecule has 2 nitrogen and oxygen atoms in total. The minimum absolute atomic E-state index is 0.281. The van der Waals surface area contributed by atoms with Crippen LogP contribution in [0.15, 0.2) is 22.7 Å². The second-order valence-electron chi connectivity index (χ2n) is 3.14. The maximum absolute atomic E-state index is 9.58. The molecule has 0 amide bonds. The van der Waals surface area contributed by atoms with Gasteiger partial charge < -0.3 is 10.2 Å². The van der Waals surface area contributed by atoms with Gasteiger partial charge in [0.15, 0.2) is 0 Å². The van der Waals surface area contributed by atoms with Crippen molar-refractivity contribution in [1.29, 1.82) is 0 Å². The lowest BCUT2D eigenvalue weighted by Gasteiger charge is -2.07. The van der Waals surface area contributed by atoms with Crippen LogP contribution in [0.25, 0.3) is 0 Å². The maximum Gasteiger partial charge on any atom is 0.132 e. The van der Waals surface area contributed by atoms with E-state index in [0.29, 0.717) is 17.3 Å². The average Bonchev–Trinajstić information content (AvgIpc) is 2.07. The molecule has 0 heterocycles. The zero-order valence-corrected chi connectivity index (χ0v) is 9.08. The molecule has 2 N–H and O–H groups in total. The predicted octanol–water partition coefficient (Wildman–Crippen LogP) is 2.47. The number of aliphatic hydroxyl groups is 1. The Morgan fingerprint density at radius 1 is 1.46 bits per heavy atom. The van der Waals surface area contributed by atoms with Crippen LogP contribution in [-0.4, -0.2) is 16.3 Å². The summed E-state index contributed by atoms with van der Waals surface area (Å²) in [6.07, 6.45) is 1.05. The molecule has 0 aliphatic rings. The Kier molecular flexibility index (Phi) is 3.75. The lowest BCUT2D eigenvalue weighted by atomic mass is 10.1. The van der Waals surface area contributed by atoms with Crippen LogP contribution in [0.2, 0.25) is 0 Å². The summed E-state index contributed by atoms with van der Waals surface area (Å²) in [4.78, 5) is 0. The number of phenols is 1. The molecule has 0 spiro atoms. The molecular weight excluding hydrogens is 232 g/mol. The Morgan fingerprint density at radius 3 is 2.77 bits per heavy atom. The summed E-state index contributed by atoms with van der Waals surface area (Å²) in [6.45, 7) is 1.75. The van der Waals surface area contributed by atoms with Crippen LogP contribution in [0, 0.1) is 0 Å². The maximum atomic E-state index is 9.58. The number of aryl methyl sites for hydroxylation is 1. The van der Waals surface area contributed by atoms with Gasteiger partial charge in [-0.25, -0.2) is 0 Å². The van der Waals surface area contributed by atoms with Gasteiger partial charge in [-0.2, -0.15) is 0 Å². The van der Waals surface area contributed by atoms with Gasteiger partial charge in [-0.3, -0.25) is 0 Å². The summed E-state index contributed by atoms with van der Waals surface area (Å²) >= 11 is 3.24. The Morgan fingerprint density at radius 2 is 2.15 bits per heavy atom. The molecule has 0 bridgehead atoms. The Balaban J connectivity index is 2.71. The van der Waals surface area contributed by atoms with E-state index >= 15 is 0 Å². The van der Waals surface area contributed by atoms with Gasteiger partial charge in [-0.05, 0) is 47.3 Å². The third kappa shape index (κ3) is 3.01. The van der Waals surface area contributed by atoms with Gasteiger partial charge in [0.05, 0.1) is 10.6 Å². The Bertz CT molecular complexity index is 284. The van der Waals surface area contributed by atoms with Crippen molar-refractivity contribution in [3.8, 4) is 5.75 Å². The number of phenolic OH excluding ortho intramolecular Hbond substituents is 1. The molecule has 1 rings (SSSR count). The van der Waals surface area contributed by atoms with E-state index in [2.05, 4.69) is 15.9 Å². The van der Waals surface area contributed by atoms with Gasteiger partial charge in [-0.15, -0.1) is 0 Å². The summed E-state index contributed by atoms with van der Waals surface area (Å²) in [5.74, 6) is 0.281. The molecule has 1 atom stereocenters. The van der Waals surface area contributed by atoms with E-state index in [1.165, 1.54) is 0 Å². The zero-order valence-electron chi connectivity index (χ0n) is 7.50. The van der Waals surface area contributed by atoms with Crippen LogP contribution in [0.4, 0.5) is 0 Å². The summed E-state index contributed by atoms with van der Waals surface area (Å²) < 4.78 is 0.704. The number of hydrogen-bond donors (Lipinski definition) is 2. The van der Waals surface area contributed by atoms with Crippen molar-refractivity contribution in [2.75, 3.05) is 0 Å². The number of benzene rings is 1. The molecule has 0 aliphatic heterocycles. The van der Waals surface area contributed by atoms with Crippen LogP contribution >= 0.6 is 15.9 Å². The first-order valence-electron chi connectivity index (χ1n) is 4.25. The van der Waals surface area contributed by atoms with E-state index in [0.717, 1.165) is 5.56 Å². The lowest BCUT2D eigenvalue weighted by Crippen LogP contribution is -2.01. The monoisotopic (exact) mass is 244 g/mol. The number of halogens is 1. The number of aliphatic hydroxyl groups excluding tert-OH is 1. The van der Waals surface area contributed by atoms with Gasteiger partial charge in [-0.1, -0.05) is 12.1 Å². The molecule has 1 unspecified atom stereocenters. The predicted molar refractivity (Wildman–Crippen MR) is 55.8 cm³/mol. The first kappa shape index (κ1) is 10.5. The van der Waals surface area contributed by atoms with Crippen molar-refractivity contribution in [2.24, 2.45) is 0 Å². The lowest BCUT2D eigenvalue weighted by molar-refractivity contribution is 0.184. The van der Waals surface area contributed by atoms with E-state index < -0.39 is 0 Å². The van der Waals surface area contributed by atoms with Crippen LogP contribution in [0.5, 0.6) is 5.75 Å². The van der Waals surface area contributed by atoms with Crippen molar-refractivity contribution >= 4 is 15.9 Å². The van der Waals surface area contributed by atoms with E-state index in [1.807, 2.05) is 12.1 Å². The molecule has 1 aromatic rings. The van der Waals surface area contributed by atoms with E-state index in [-0.39, 0.29) is 11.9 Å². The van der Waals surface area contributed by atoms with Gasteiger partial charge in [0.1, 0.15) is 5.75 Å². The molecule has 1 aromatic carbocycles. The number of hydrogen-bond acceptors (Lipinski definition) is 2. The largest absolute Gasteiger partial charge is 0.506 e. The van der Waals surface area contributed by atoms with Crippen molar-refractivity contribution in [2.45, 2.75) is 25.9 Å². The Hall–Kier alpha value is -0.540. The summed E-state index contributed by atoms with van der Waals surface area (Å²) in [5.41, 5.74) is 0.871. The molecule has 0 aromatic heterocycles. The second kappa shape index (κ2) is 4.63.